The van der Waals surface area contributed by atoms with Gasteiger partial charge in [0.1, 0.15) is 22.4 Å². The molecule has 0 unspecified atom stereocenters. The highest BCUT2D eigenvalue weighted by atomic mass is 32.1. The van der Waals surface area contributed by atoms with E-state index in [2.05, 4.69) is 207 Å². The standard InChI is InChI=1S/C61H57BN2O2S/c1-34-28-44-45(61(10,11)27-26-60(44,8)9)32-46(34)63-48-31-41-38-16-12-14-18-49(38)65-56(41)53-42-30-40-39-17-13-15-19-51(39)67-52(40)33-47(42)64(37-23-20-35(21-24-37)58(2,3)4)62(54(48)53)57-55(63)43-29-36(59(5,6)7)22-25-50(43)66-57/h12-25,28-33H,26-27H2,1-11H3. The maximum absolute atomic E-state index is 7.53. The number of nitrogens with zero attached hydrogens (tertiary/aromatic N) is 2. The first-order valence-electron chi connectivity index (χ1n) is 24.2. The van der Waals surface area contributed by atoms with E-state index in [0.717, 1.165) is 67.6 Å². The van der Waals surface area contributed by atoms with Gasteiger partial charge < -0.3 is 18.5 Å². The third-order valence-electron chi connectivity index (χ3n) is 15.9. The van der Waals surface area contributed by atoms with Gasteiger partial charge in [-0.15, -0.1) is 11.3 Å². The number of benzene rings is 7. The van der Waals surface area contributed by atoms with Crippen molar-refractivity contribution in [2.75, 3.05) is 9.71 Å². The van der Waals surface area contributed by atoms with E-state index in [1.807, 2.05) is 11.3 Å². The number of rotatable bonds is 2. The molecule has 3 aliphatic rings. The van der Waals surface area contributed by atoms with Crippen LogP contribution in [0.15, 0.2) is 130 Å². The Balaban J connectivity index is 1.23. The smallest absolute Gasteiger partial charge is 0.376 e. The van der Waals surface area contributed by atoms with Gasteiger partial charge in [0, 0.05) is 70.2 Å². The second-order valence-corrected chi connectivity index (χ2v) is 24.3. The van der Waals surface area contributed by atoms with Gasteiger partial charge in [-0.05, 0) is 135 Å². The molecule has 332 valence electrons. The lowest BCUT2D eigenvalue weighted by molar-refractivity contribution is 0.332. The van der Waals surface area contributed by atoms with Crippen LogP contribution in [0.25, 0.3) is 64.2 Å². The third kappa shape index (κ3) is 5.78. The summed E-state index contributed by atoms with van der Waals surface area (Å²) in [4.78, 5) is 5.21. The van der Waals surface area contributed by atoms with E-state index in [0.29, 0.717) is 0 Å². The molecule has 0 saturated carbocycles. The number of hydrogen-bond donors (Lipinski definition) is 0. The molecule has 0 amide bonds. The Morgan fingerprint density at radius 3 is 1.96 bits per heavy atom. The first-order valence-corrected chi connectivity index (χ1v) is 25.1. The van der Waals surface area contributed by atoms with Gasteiger partial charge >= 0.3 is 6.85 Å². The maximum Gasteiger partial charge on any atom is 0.376 e. The highest BCUT2D eigenvalue weighted by Gasteiger charge is 2.51. The first-order chi connectivity index (χ1) is 31.9. The molecule has 2 aliphatic heterocycles. The van der Waals surface area contributed by atoms with E-state index in [4.69, 9.17) is 8.83 Å². The van der Waals surface area contributed by atoms with Crippen LogP contribution in [0.5, 0.6) is 0 Å². The largest absolute Gasteiger partial charge is 0.466 e. The average molecular weight is 893 g/mol. The monoisotopic (exact) mass is 892 g/mol. The van der Waals surface area contributed by atoms with Crippen LogP contribution in [0.1, 0.15) is 110 Å². The number of furan rings is 2. The van der Waals surface area contributed by atoms with Crippen LogP contribution in [0.3, 0.4) is 0 Å². The van der Waals surface area contributed by atoms with E-state index >= 15 is 0 Å². The van der Waals surface area contributed by atoms with Crippen molar-refractivity contribution >= 4 is 111 Å². The first kappa shape index (κ1) is 41.0. The van der Waals surface area contributed by atoms with E-state index < -0.39 is 0 Å². The van der Waals surface area contributed by atoms with Gasteiger partial charge in [-0.1, -0.05) is 130 Å². The van der Waals surface area contributed by atoms with Gasteiger partial charge in [-0.25, -0.2) is 0 Å². The molecular weight excluding hydrogens is 836 g/mol. The Labute approximate surface area is 398 Å². The van der Waals surface area contributed by atoms with Gasteiger partial charge in [0.2, 0.25) is 0 Å². The molecule has 6 heteroatoms. The summed E-state index contributed by atoms with van der Waals surface area (Å²) in [6, 6.07) is 46.2. The number of anilines is 5. The SMILES string of the molecule is Cc1cc2c(cc1N1c3cc4c(oc5ccccc54)c4c3B(c3oc5ccc(C(C)(C)C)cc5c31)N(c1ccc(C(C)(C)C)cc1)c1cc3sc5ccccc5c3cc1-4)C(C)(C)CCC2(C)C. The van der Waals surface area contributed by atoms with Crippen molar-refractivity contribution in [3.63, 3.8) is 0 Å². The molecule has 0 bridgehead atoms. The molecule has 4 nitrogen and oxygen atoms in total. The summed E-state index contributed by atoms with van der Waals surface area (Å²) in [5, 5.41) is 5.94. The van der Waals surface area contributed by atoms with Crippen molar-refractivity contribution in [2.24, 2.45) is 0 Å². The normalized spacial score (nSPS) is 16.3. The van der Waals surface area contributed by atoms with Crippen molar-refractivity contribution in [1.29, 1.82) is 0 Å². The van der Waals surface area contributed by atoms with E-state index in [1.165, 1.54) is 76.8 Å². The number of thiophene rings is 1. The predicted octanol–water partition coefficient (Wildman–Crippen LogP) is 16.7. The molecule has 5 heterocycles. The van der Waals surface area contributed by atoms with Crippen LogP contribution in [0.2, 0.25) is 0 Å². The predicted molar refractivity (Wildman–Crippen MR) is 288 cm³/mol. The van der Waals surface area contributed by atoms with Gasteiger partial charge in [0.15, 0.2) is 0 Å². The molecule has 0 spiro atoms. The Morgan fingerprint density at radius 2 is 1.22 bits per heavy atom. The Hall–Kier alpha value is -6.24. The fourth-order valence-electron chi connectivity index (χ4n) is 12.0. The molecule has 13 rings (SSSR count). The topological polar surface area (TPSA) is 32.8 Å². The van der Waals surface area contributed by atoms with Crippen LogP contribution >= 0.6 is 11.3 Å². The molecule has 1 aliphatic carbocycles. The summed E-state index contributed by atoms with van der Waals surface area (Å²) in [5.41, 5.74) is 19.8. The highest BCUT2D eigenvalue weighted by Crippen LogP contribution is 2.56. The van der Waals surface area contributed by atoms with Crippen molar-refractivity contribution in [3.8, 4) is 11.1 Å². The number of fused-ring (bicyclic) bond motifs is 14. The van der Waals surface area contributed by atoms with Crippen LogP contribution in [-0.4, -0.2) is 6.85 Å². The molecule has 0 N–H and O–H groups in total. The minimum absolute atomic E-state index is 0.00671. The minimum Gasteiger partial charge on any atom is -0.466 e. The van der Waals surface area contributed by atoms with Crippen LogP contribution in [0.4, 0.5) is 28.4 Å². The van der Waals surface area contributed by atoms with Crippen LogP contribution < -0.4 is 20.8 Å². The zero-order valence-corrected chi connectivity index (χ0v) is 41.5. The highest BCUT2D eigenvalue weighted by molar-refractivity contribution is 7.25. The summed E-state index contributed by atoms with van der Waals surface area (Å²) in [7, 11) is 0. The number of hydrogen-bond acceptors (Lipinski definition) is 5. The van der Waals surface area contributed by atoms with Crippen LogP contribution in [-0.2, 0) is 21.7 Å². The molecule has 67 heavy (non-hydrogen) atoms. The van der Waals surface area contributed by atoms with E-state index in [-0.39, 0.29) is 28.5 Å². The average Bonchev–Trinajstić information content (AvgIpc) is 3.98. The third-order valence-corrected chi connectivity index (χ3v) is 17.1. The summed E-state index contributed by atoms with van der Waals surface area (Å²) in [6.07, 6.45) is 2.31. The quantitative estimate of drug-likeness (QED) is 0.162. The molecule has 0 atom stereocenters. The second-order valence-electron chi connectivity index (χ2n) is 23.3. The lowest BCUT2D eigenvalue weighted by atomic mass is 9.45. The Bertz CT molecular complexity index is 3750. The van der Waals surface area contributed by atoms with Gasteiger partial charge in [0.25, 0.3) is 0 Å². The van der Waals surface area contributed by atoms with Gasteiger partial charge in [0.05, 0.1) is 5.69 Å². The fraction of sp³-hybridized carbons (Fsp3) is 0.279. The second kappa shape index (κ2) is 13.5. The summed E-state index contributed by atoms with van der Waals surface area (Å²) in [6.45, 7) is 25.6. The molecule has 0 fully saturated rings. The summed E-state index contributed by atoms with van der Waals surface area (Å²) >= 11 is 1.87. The molecule has 0 radical (unpaired) electrons. The lowest BCUT2D eigenvalue weighted by Crippen LogP contribution is -2.61. The molecule has 0 saturated heterocycles. The zero-order chi connectivity index (χ0) is 46.3. The van der Waals surface area contributed by atoms with Crippen molar-refractivity contribution < 1.29 is 8.83 Å². The van der Waals surface area contributed by atoms with E-state index in [1.54, 1.807) is 0 Å². The molecule has 3 aromatic heterocycles. The molecule has 7 aromatic carbocycles. The van der Waals surface area contributed by atoms with Crippen molar-refractivity contribution in [3.05, 3.63) is 149 Å². The Kier molecular flexibility index (Phi) is 8.24. The number of para-hydroxylation sites is 1. The maximum atomic E-state index is 7.53. The van der Waals surface area contributed by atoms with E-state index in [9.17, 15) is 0 Å². The van der Waals surface area contributed by atoms with Crippen molar-refractivity contribution in [1.82, 2.24) is 0 Å². The molecular formula is C61H57BN2O2S. The van der Waals surface area contributed by atoms with Gasteiger partial charge in [-0.3, -0.25) is 0 Å². The van der Waals surface area contributed by atoms with Gasteiger partial charge in [-0.2, -0.15) is 0 Å². The summed E-state index contributed by atoms with van der Waals surface area (Å²) < 4.78 is 17.3. The minimum atomic E-state index is -0.313. The Morgan fingerprint density at radius 1 is 0.567 bits per heavy atom. The lowest BCUT2D eigenvalue weighted by Gasteiger charge is -2.45. The number of aryl methyl sites for hydroxylation is 1. The molecule has 10 aromatic rings. The van der Waals surface area contributed by atoms with Crippen molar-refractivity contribution in [2.45, 2.75) is 111 Å². The zero-order valence-electron chi connectivity index (χ0n) is 40.7. The van der Waals surface area contributed by atoms with Crippen LogP contribution in [0, 0.1) is 6.92 Å². The summed E-state index contributed by atoms with van der Waals surface area (Å²) in [5.74, 6) is 0. The fourth-order valence-corrected chi connectivity index (χ4v) is 13.1.